The standard InChI is InChI=1S/C56H42NO6P/c1-31(32-13-7-6-8-14-32)57-64-62-55-41(27-47(60-4)43-29-45(58-2)39-25-23-35-21-19-33-15-9-11-17-37(33)49(35)51(39)53(43)55)42-28-48(61-5)44-30-46(59-3)40-26-24-36-22-20-34-16-10-12-18-38(34)50(36)52(40)54(44)56(42)63-64/h6-31,57H,1-5H3/t31-/m0/s1. The van der Waals surface area contributed by atoms with E-state index in [0.29, 0.717) is 22.7 Å². The molecule has 0 amide bonds. The minimum absolute atomic E-state index is 0.130. The van der Waals surface area contributed by atoms with Crippen LogP contribution in [0.3, 0.4) is 0 Å². The van der Waals surface area contributed by atoms with Crippen LogP contribution in [0.2, 0.25) is 0 Å². The molecule has 0 bridgehead atoms. The fourth-order valence-electron chi connectivity index (χ4n) is 10.1. The minimum atomic E-state index is -1.89. The highest BCUT2D eigenvalue weighted by molar-refractivity contribution is 7.38. The van der Waals surface area contributed by atoms with E-state index in [1.807, 2.05) is 6.07 Å². The van der Waals surface area contributed by atoms with Crippen molar-refractivity contribution in [1.82, 2.24) is 0 Å². The van der Waals surface area contributed by atoms with Crippen LogP contribution in [-0.2, 0) is 0 Å². The van der Waals surface area contributed by atoms with Gasteiger partial charge in [0.1, 0.15) is 23.0 Å². The first-order valence-electron chi connectivity index (χ1n) is 21.4. The van der Waals surface area contributed by atoms with Gasteiger partial charge in [-0.2, -0.15) is 0 Å². The monoisotopic (exact) mass is 855 g/mol. The lowest BCUT2D eigenvalue weighted by Gasteiger charge is -2.17. The Labute approximate surface area is 368 Å². The van der Waals surface area contributed by atoms with Gasteiger partial charge in [-0.1, -0.05) is 115 Å². The van der Waals surface area contributed by atoms with Gasteiger partial charge in [-0.15, -0.1) is 0 Å². The van der Waals surface area contributed by atoms with Crippen molar-refractivity contribution in [3.05, 3.63) is 157 Å². The molecule has 0 unspecified atom stereocenters. The summed E-state index contributed by atoms with van der Waals surface area (Å²) in [6.07, 6.45) is 0. The maximum absolute atomic E-state index is 7.49. The smallest absolute Gasteiger partial charge is 0.307 e. The number of ether oxygens (including phenoxy) is 4. The van der Waals surface area contributed by atoms with Crippen LogP contribution >= 0.6 is 8.16 Å². The number of fused-ring (bicyclic) bond motifs is 19. The molecule has 1 heterocycles. The third kappa shape index (κ3) is 5.64. The Kier molecular flexibility index (Phi) is 8.87. The van der Waals surface area contributed by atoms with Gasteiger partial charge in [-0.25, -0.2) is 5.09 Å². The Hall–Kier alpha value is -7.44. The number of benzene rings is 11. The summed E-state index contributed by atoms with van der Waals surface area (Å²) in [4.78, 5) is 0. The zero-order chi connectivity index (χ0) is 43.2. The number of rotatable bonds is 7. The molecular weight excluding hydrogens is 814 g/mol. The maximum atomic E-state index is 7.49. The largest absolute Gasteiger partial charge is 0.496 e. The Morgan fingerprint density at radius 1 is 0.375 bits per heavy atom. The molecule has 12 rings (SSSR count). The van der Waals surface area contributed by atoms with E-state index in [9.17, 15) is 0 Å². The summed E-state index contributed by atoms with van der Waals surface area (Å²) in [6.45, 7) is 2.15. The fourth-order valence-corrected chi connectivity index (χ4v) is 11.4. The molecule has 0 aliphatic rings. The Morgan fingerprint density at radius 2 is 0.766 bits per heavy atom. The molecule has 0 aliphatic heterocycles. The van der Waals surface area contributed by atoms with Crippen molar-refractivity contribution in [3.8, 4) is 23.0 Å². The van der Waals surface area contributed by atoms with Gasteiger partial charge < -0.3 is 27.3 Å². The van der Waals surface area contributed by atoms with E-state index in [1.165, 1.54) is 0 Å². The van der Waals surface area contributed by atoms with Gasteiger partial charge in [0.05, 0.1) is 28.4 Å². The van der Waals surface area contributed by atoms with E-state index in [-0.39, 0.29) is 6.04 Å². The summed E-state index contributed by atoms with van der Waals surface area (Å²) < 4.78 is 40.1. The SMILES string of the molecule is COc1cc2c3cc(OC)c4cc(OC)c5ccc6ccc7ccccc7c6c5c4c3op(N[C@@H](C)c3ccccc3)oc2c2c1cc(OC)c1ccc3ccc4ccccc4c3c12. The summed E-state index contributed by atoms with van der Waals surface area (Å²) >= 11 is 0. The zero-order valence-electron chi connectivity index (χ0n) is 35.9. The van der Waals surface area contributed by atoms with Crippen molar-refractivity contribution in [1.29, 1.82) is 0 Å². The number of nitrogens with one attached hydrogen (secondary N) is 1. The lowest BCUT2D eigenvalue weighted by molar-refractivity contribution is 0.415. The van der Waals surface area contributed by atoms with Crippen LogP contribution in [0.1, 0.15) is 18.5 Å². The third-order valence-corrected chi connectivity index (χ3v) is 14.4. The van der Waals surface area contributed by atoms with Crippen molar-refractivity contribution in [2.45, 2.75) is 13.0 Å². The maximum Gasteiger partial charge on any atom is 0.307 e. The quantitative estimate of drug-likeness (QED) is 0.160. The second-order valence-corrected chi connectivity index (χ2v) is 17.5. The van der Waals surface area contributed by atoms with E-state index in [1.54, 1.807) is 28.4 Å². The summed E-state index contributed by atoms with van der Waals surface area (Å²) in [5.41, 5.74) is 2.47. The molecule has 7 nitrogen and oxygen atoms in total. The molecule has 1 aromatic heterocycles. The lowest BCUT2D eigenvalue weighted by atomic mass is 9.90. The highest BCUT2D eigenvalue weighted by atomic mass is 31.1. The molecule has 11 aromatic carbocycles. The second kappa shape index (κ2) is 14.8. The Bertz CT molecular complexity index is 3720. The van der Waals surface area contributed by atoms with Gasteiger partial charge in [0.15, 0.2) is 11.2 Å². The van der Waals surface area contributed by atoms with Gasteiger partial charge in [0.2, 0.25) is 0 Å². The van der Waals surface area contributed by atoms with Crippen LogP contribution in [-0.4, -0.2) is 28.4 Å². The van der Waals surface area contributed by atoms with Gasteiger partial charge >= 0.3 is 8.16 Å². The van der Waals surface area contributed by atoms with Gasteiger partial charge in [-0.05, 0) is 92.0 Å². The van der Waals surface area contributed by atoms with Gasteiger partial charge in [0.25, 0.3) is 0 Å². The topological polar surface area (TPSA) is 75.2 Å². The van der Waals surface area contributed by atoms with Crippen molar-refractivity contribution in [3.63, 3.8) is 0 Å². The third-order valence-electron chi connectivity index (χ3n) is 13.1. The summed E-state index contributed by atoms with van der Waals surface area (Å²) in [6, 6.07) is 53.1. The normalized spacial score (nSPS) is 12.5. The van der Waals surface area contributed by atoms with Gasteiger partial charge in [-0.3, -0.25) is 0 Å². The molecule has 64 heavy (non-hydrogen) atoms. The first kappa shape index (κ1) is 38.3. The van der Waals surface area contributed by atoms with E-state index < -0.39 is 8.16 Å². The van der Waals surface area contributed by atoms with E-state index >= 15 is 0 Å². The number of hydrogen-bond donors (Lipinski definition) is 1. The fraction of sp³-hybridized carbons (Fsp3) is 0.107. The van der Waals surface area contributed by atoms with Crippen molar-refractivity contribution >= 4 is 116 Å². The second-order valence-electron chi connectivity index (χ2n) is 16.4. The minimum Gasteiger partial charge on any atom is -0.496 e. The zero-order valence-corrected chi connectivity index (χ0v) is 36.8. The first-order chi connectivity index (χ1) is 31.5. The van der Waals surface area contributed by atoms with Crippen LogP contribution in [0.5, 0.6) is 23.0 Å². The van der Waals surface area contributed by atoms with E-state index in [2.05, 4.69) is 158 Å². The van der Waals surface area contributed by atoms with Crippen molar-refractivity contribution in [2.75, 3.05) is 33.5 Å². The molecule has 0 saturated carbocycles. The van der Waals surface area contributed by atoms with Crippen LogP contribution in [0.4, 0.5) is 0 Å². The molecule has 8 heteroatoms. The Morgan fingerprint density at radius 3 is 1.23 bits per heavy atom. The van der Waals surface area contributed by atoms with Crippen LogP contribution < -0.4 is 24.0 Å². The van der Waals surface area contributed by atoms with E-state index in [4.69, 9.17) is 27.3 Å². The van der Waals surface area contributed by atoms with Crippen LogP contribution in [0, 0.1) is 0 Å². The predicted molar refractivity (Wildman–Crippen MR) is 267 cm³/mol. The van der Waals surface area contributed by atoms with Gasteiger partial charge in [0, 0.05) is 59.9 Å². The lowest BCUT2D eigenvalue weighted by Crippen LogP contribution is -2.02. The molecule has 0 saturated heterocycles. The summed E-state index contributed by atoms with van der Waals surface area (Å²) in [5.74, 6) is 2.83. The highest BCUT2D eigenvalue weighted by Gasteiger charge is 2.25. The number of hydrogen-bond acceptors (Lipinski definition) is 7. The highest BCUT2D eigenvalue weighted by Crippen LogP contribution is 2.52. The molecule has 1 N–H and O–H groups in total. The first-order valence-corrected chi connectivity index (χ1v) is 22.5. The van der Waals surface area contributed by atoms with E-state index in [0.717, 1.165) is 114 Å². The molecule has 1 atom stereocenters. The summed E-state index contributed by atoms with van der Waals surface area (Å²) in [7, 11) is 5.00. The number of methoxy groups -OCH3 is 4. The Balaban J connectivity index is 1.38. The molecule has 312 valence electrons. The van der Waals surface area contributed by atoms with Crippen molar-refractivity contribution < 1.29 is 27.3 Å². The summed E-state index contributed by atoms with van der Waals surface area (Å²) in [5, 5.41) is 21.9. The predicted octanol–water partition coefficient (Wildman–Crippen LogP) is 15.9. The van der Waals surface area contributed by atoms with Crippen molar-refractivity contribution in [2.24, 2.45) is 0 Å². The average Bonchev–Trinajstić information content (AvgIpc) is 3.50. The molecule has 12 aromatic rings. The molecule has 0 fully saturated rings. The van der Waals surface area contributed by atoms with Crippen LogP contribution in [0.25, 0.3) is 108 Å². The average molecular weight is 856 g/mol. The molecule has 0 aliphatic carbocycles. The molecular formula is C56H42NO6P. The molecule has 0 radical (unpaired) electrons. The van der Waals surface area contributed by atoms with Crippen LogP contribution in [0.15, 0.2) is 160 Å². The molecule has 0 spiro atoms.